The van der Waals surface area contributed by atoms with E-state index in [4.69, 9.17) is 18.9 Å². The van der Waals surface area contributed by atoms with E-state index in [0.29, 0.717) is 46.9 Å². The average molecular weight is 511 g/mol. The number of anilines is 1. The third-order valence-electron chi connectivity index (χ3n) is 7.48. The van der Waals surface area contributed by atoms with Gasteiger partial charge in [0.15, 0.2) is 11.5 Å². The van der Waals surface area contributed by atoms with Gasteiger partial charge in [-0.15, -0.1) is 0 Å². The maximum absolute atomic E-state index is 14.1. The molecule has 2 aromatic carbocycles. The average Bonchev–Trinajstić information content (AvgIpc) is 2.91. The van der Waals surface area contributed by atoms with Crippen LogP contribution in [0.3, 0.4) is 0 Å². The van der Waals surface area contributed by atoms with Gasteiger partial charge < -0.3 is 28.7 Å². The first kappa shape index (κ1) is 26.6. The number of likely N-dealkylation sites (tertiary alicyclic amines) is 1. The summed E-state index contributed by atoms with van der Waals surface area (Å²) >= 11 is 0. The molecule has 2 aliphatic rings. The summed E-state index contributed by atoms with van der Waals surface area (Å²) in [5, 5.41) is 0. The highest BCUT2D eigenvalue weighted by atomic mass is 16.5. The number of hydrogen-bond acceptors (Lipinski definition) is 6. The third-order valence-corrected chi connectivity index (χ3v) is 7.48. The van der Waals surface area contributed by atoms with Crippen molar-refractivity contribution in [3.8, 4) is 23.0 Å². The highest BCUT2D eigenvalue weighted by Crippen LogP contribution is 2.47. The Labute approximate surface area is 219 Å². The van der Waals surface area contributed by atoms with Crippen LogP contribution in [0.4, 0.5) is 5.69 Å². The van der Waals surface area contributed by atoms with Crippen LogP contribution in [-0.2, 0) is 9.59 Å². The van der Waals surface area contributed by atoms with Gasteiger partial charge in [0.25, 0.3) is 0 Å². The predicted octanol–water partition coefficient (Wildman–Crippen LogP) is 4.71. The van der Waals surface area contributed by atoms with Crippen LogP contribution in [0.25, 0.3) is 0 Å². The summed E-state index contributed by atoms with van der Waals surface area (Å²) in [6.07, 6.45) is 1.89. The molecular weight excluding hydrogens is 472 g/mol. The molecule has 0 aliphatic carbocycles. The van der Waals surface area contributed by atoms with Crippen molar-refractivity contribution >= 4 is 17.5 Å². The fourth-order valence-corrected chi connectivity index (χ4v) is 5.92. The molecule has 2 aliphatic heterocycles. The van der Waals surface area contributed by atoms with Crippen molar-refractivity contribution in [2.24, 2.45) is 17.8 Å². The van der Waals surface area contributed by atoms with Gasteiger partial charge in [-0.05, 0) is 42.4 Å². The summed E-state index contributed by atoms with van der Waals surface area (Å²) in [6.45, 7) is 5.88. The van der Waals surface area contributed by atoms with Crippen molar-refractivity contribution in [1.82, 2.24) is 4.90 Å². The molecule has 0 unspecified atom stereocenters. The van der Waals surface area contributed by atoms with Gasteiger partial charge in [-0.2, -0.15) is 0 Å². The minimum absolute atomic E-state index is 0.0560. The molecule has 37 heavy (non-hydrogen) atoms. The van der Waals surface area contributed by atoms with E-state index in [1.54, 1.807) is 45.5 Å². The Kier molecular flexibility index (Phi) is 8.15. The number of rotatable bonds is 7. The summed E-state index contributed by atoms with van der Waals surface area (Å²) in [5.41, 5.74) is 1.47. The van der Waals surface area contributed by atoms with Gasteiger partial charge in [0.05, 0.1) is 46.1 Å². The minimum Gasteiger partial charge on any atom is -0.497 e. The van der Waals surface area contributed by atoms with E-state index in [2.05, 4.69) is 13.8 Å². The number of amides is 2. The van der Waals surface area contributed by atoms with Crippen molar-refractivity contribution in [3.63, 3.8) is 0 Å². The van der Waals surface area contributed by atoms with Gasteiger partial charge in [0.1, 0.15) is 5.75 Å². The monoisotopic (exact) mass is 510 g/mol. The lowest BCUT2D eigenvalue weighted by molar-refractivity contribution is -0.141. The summed E-state index contributed by atoms with van der Waals surface area (Å²) in [4.78, 5) is 31.4. The SMILES string of the molecule is COc1ccc([C@@H]2[C@H](C(=O)N3C[C@@H](C)C[C@H](C)C3)CCC(=O)N2c2cc(OC)c(OC)c(OC)c2)cc1. The summed E-state index contributed by atoms with van der Waals surface area (Å²) < 4.78 is 22.0. The van der Waals surface area contributed by atoms with Crippen LogP contribution in [-0.4, -0.2) is 58.2 Å². The van der Waals surface area contributed by atoms with Crippen LogP contribution in [0.5, 0.6) is 23.0 Å². The van der Waals surface area contributed by atoms with Gasteiger partial charge in [-0.3, -0.25) is 9.59 Å². The van der Waals surface area contributed by atoms with Crippen LogP contribution in [0.1, 0.15) is 44.7 Å². The molecule has 8 nitrogen and oxygen atoms in total. The van der Waals surface area contributed by atoms with E-state index < -0.39 is 6.04 Å². The number of methoxy groups -OCH3 is 4. The van der Waals surface area contributed by atoms with E-state index >= 15 is 0 Å². The number of ether oxygens (including phenoxy) is 4. The summed E-state index contributed by atoms with van der Waals surface area (Å²) in [6, 6.07) is 10.7. The quantitative estimate of drug-likeness (QED) is 0.537. The Bertz CT molecular complexity index is 1080. The first-order valence-electron chi connectivity index (χ1n) is 12.9. The zero-order valence-electron chi connectivity index (χ0n) is 22.7. The van der Waals surface area contributed by atoms with E-state index in [1.807, 2.05) is 29.2 Å². The number of benzene rings is 2. The molecule has 200 valence electrons. The molecule has 2 heterocycles. The second kappa shape index (κ2) is 11.3. The molecule has 4 rings (SSSR count). The zero-order valence-corrected chi connectivity index (χ0v) is 22.7. The lowest BCUT2D eigenvalue weighted by Crippen LogP contribution is -2.52. The van der Waals surface area contributed by atoms with Crippen molar-refractivity contribution < 1.29 is 28.5 Å². The highest BCUT2D eigenvalue weighted by Gasteiger charge is 2.44. The first-order chi connectivity index (χ1) is 17.8. The number of carbonyl (C=O) groups is 2. The fourth-order valence-electron chi connectivity index (χ4n) is 5.92. The van der Waals surface area contributed by atoms with E-state index in [1.165, 1.54) is 0 Å². The van der Waals surface area contributed by atoms with Gasteiger partial charge in [0.2, 0.25) is 17.6 Å². The molecule has 2 fully saturated rings. The molecule has 2 amide bonds. The number of piperidine rings is 2. The number of nitrogens with zero attached hydrogens (tertiary/aromatic N) is 2. The standard InChI is InChI=1S/C29H38N2O6/c1-18-13-19(2)17-30(16-18)29(33)23-11-12-26(32)31(27(23)20-7-9-22(34-3)10-8-20)21-14-24(35-4)28(37-6)25(15-21)36-5/h7-10,14-15,18-19,23,27H,11-13,16-17H2,1-6H3/t18-,19-,23+,27+/m0/s1. The number of carbonyl (C=O) groups excluding carboxylic acids is 2. The Morgan fingerprint density at radius 2 is 1.46 bits per heavy atom. The van der Waals surface area contributed by atoms with E-state index in [9.17, 15) is 9.59 Å². The molecule has 4 atom stereocenters. The van der Waals surface area contributed by atoms with Gasteiger partial charge in [0, 0.05) is 31.6 Å². The van der Waals surface area contributed by atoms with Crippen molar-refractivity contribution in [1.29, 1.82) is 0 Å². The van der Waals surface area contributed by atoms with Gasteiger partial charge in [-0.25, -0.2) is 0 Å². The van der Waals surface area contributed by atoms with Crippen LogP contribution in [0.15, 0.2) is 36.4 Å². The summed E-state index contributed by atoms with van der Waals surface area (Å²) in [5.74, 6) is 2.61. The minimum atomic E-state index is -0.491. The smallest absolute Gasteiger partial charge is 0.228 e. The molecule has 0 saturated carbocycles. The van der Waals surface area contributed by atoms with Crippen LogP contribution in [0.2, 0.25) is 0 Å². The Morgan fingerprint density at radius 3 is 1.97 bits per heavy atom. The van der Waals surface area contributed by atoms with Crippen molar-refractivity contribution in [2.45, 2.75) is 39.2 Å². The molecule has 0 aromatic heterocycles. The maximum Gasteiger partial charge on any atom is 0.228 e. The van der Waals surface area contributed by atoms with E-state index in [-0.39, 0.29) is 24.2 Å². The topological polar surface area (TPSA) is 77.5 Å². The Balaban J connectivity index is 1.82. The molecule has 0 N–H and O–H groups in total. The lowest BCUT2D eigenvalue weighted by atomic mass is 9.81. The summed E-state index contributed by atoms with van der Waals surface area (Å²) in [7, 11) is 6.25. The molecule has 0 radical (unpaired) electrons. The molecule has 8 heteroatoms. The zero-order chi connectivity index (χ0) is 26.7. The largest absolute Gasteiger partial charge is 0.497 e. The molecule has 2 aromatic rings. The number of hydrogen-bond donors (Lipinski definition) is 0. The Morgan fingerprint density at radius 1 is 0.865 bits per heavy atom. The van der Waals surface area contributed by atoms with Crippen LogP contribution < -0.4 is 23.8 Å². The van der Waals surface area contributed by atoms with E-state index in [0.717, 1.165) is 25.1 Å². The lowest BCUT2D eigenvalue weighted by Gasteiger charge is -2.44. The second-order valence-electron chi connectivity index (χ2n) is 10.2. The van der Waals surface area contributed by atoms with Crippen molar-refractivity contribution in [3.05, 3.63) is 42.0 Å². The first-order valence-corrected chi connectivity index (χ1v) is 12.9. The second-order valence-corrected chi connectivity index (χ2v) is 10.2. The Hall–Kier alpha value is -3.42. The van der Waals surface area contributed by atoms with Crippen LogP contribution in [0, 0.1) is 17.8 Å². The highest BCUT2D eigenvalue weighted by molar-refractivity contribution is 5.98. The third kappa shape index (κ3) is 5.33. The fraction of sp³-hybridized carbons (Fsp3) is 0.517. The molecule has 2 saturated heterocycles. The molecule has 0 spiro atoms. The van der Waals surface area contributed by atoms with Gasteiger partial charge in [-0.1, -0.05) is 26.0 Å². The van der Waals surface area contributed by atoms with Gasteiger partial charge >= 0.3 is 0 Å². The van der Waals surface area contributed by atoms with Crippen molar-refractivity contribution in [2.75, 3.05) is 46.4 Å². The predicted molar refractivity (Wildman–Crippen MR) is 142 cm³/mol. The maximum atomic E-state index is 14.1. The molecule has 0 bridgehead atoms. The van der Waals surface area contributed by atoms with Crippen LogP contribution >= 0.6 is 0 Å². The normalized spacial score (nSPS) is 24.0. The molecular formula is C29H38N2O6.